The van der Waals surface area contributed by atoms with Gasteiger partial charge in [-0.1, -0.05) is 61.8 Å². The summed E-state index contributed by atoms with van der Waals surface area (Å²) in [4.78, 5) is 25.9. The van der Waals surface area contributed by atoms with Gasteiger partial charge < -0.3 is 9.47 Å². The second-order valence-electron chi connectivity index (χ2n) is 10.2. The number of hydrogen-bond acceptors (Lipinski definition) is 4. The van der Waals surface area contributed by atoms with E-state index >= 15 is 0 Å². The van der Waals surface area contributed by atoms with E-state index in [4.69, 9.17) is 9.47 Å². The first kappa shape index (κ1) is 27.9. The Bertz CT molecular complexity index is 535. The maximum Gasteiger partial charge on any atom is 0.312 e. The van der Waals surface area contributed by atoms with E-state index in [0.29, 0.717) is 19.3 Å². The van der Waals surface area contributed by atoms with Crippen LogP contribution < -0.4 is 0 Å². The third-order valence-corrected chi connectivity index (χ3v) is 7.16. The Morgan fingerprint density at radius 2 is 1.41 bits per heavy atom. The van der Waals surface area contributed by atoms with Crippen molar-refractivity contribution in [3.63, 3.8) is 0 Å². The lowest BCUT2D eigenvalue weighted by Crippen LogP contribution is -2.49. The molecule has 5 heteroatoms. The second-order valence-corrected chi connectivity index (χ2v) is 10.2. The Morgan fingerprint density at radius 3 is 1.79 bits per heavy atom. The van der Waals surface area contributed by atoms with Crippen molar-refractivity contribution in [1.29, 1.82) is 0 Å². The van der Waals surface area contributed by atoms with Gasteiger partial charge in [0.25, 0.3) is 0 Å². The summed E-state index contributed by atoms with van der Waals surface area (Å²) in [6, 6.07) is 0. The van der Waals surface area contributed by atoms with Crippen LogP contribution in [0.1, 0.15) is 108 Å². The fourth-order valence-electron chi connectivity index (χ4n) is 3.57. The summed E-state index contributed by atoms with van der Waals surface area (Å²) < 4.78 is 24.2. The number of rotatable bonds is 13. The van der Waals surface area contributed by atoms with Crippen LogP contribution in [0.25, 0.3) is 0 Å². The predicted octanol–water partition coefficient (Wildman–Crippen LogP) is 6.65. The molecular formula is C24H45FO4. The maximum absolute atomic E-state index is 13.6. The van der Waals surface area contributed by atoms with Gasteiger partial charge >= 0.3 is 11.9 Å². The van der Waals surface area contributed by atoms with Crippen LogP contribution in [0.4, 0.5) is 4.39 Å². The van der Waals surface area contributed by atoms with Gasteiger partial charge in [0.05, 0.1) is 11.8 Å². The molecule has 0 spiro atoms. The van der Waals surface area contributed by atoms with Crippen molar-refractivity contribution >= 4 is 11.9 Å². The second kappa shape index (κ2) is 10.8. The molecule has 172 valence electrons. The van der Waals surface area contributed by atoms with Gasteiger partial charge in [0.2, 0.25) is 0 Å². The van der Waals surface area contributed by atoms with Crippen LogP contribution in [0.15, 0.2) is 0 Å². The van der Waals surface area contributed by atoms with Crippen molar-refractivity contribution in [3.8, 4) is 0 Å². The largest absolute Gasteiger partial charge is 0.462 e. The standard InChI is InChI=1S/C24H45FO4/c1-11-21(6,7)17-23(10,22(8,9)12-2)20(27)29-24(13-3,14-4)15-19(26)28-16-18(5)25/h18H,11-17H2,1-10H3. The lowest BCUT2D eigenvalue weighted by atomic mass is 9.58. The van der Waals surface area contributed by atoms with Crippen LogP contribution in [0.3, 0.4) is 0 Å². The van der Waals surface area contributed by atoms with Crippen LogP contribution in [-0.4, -0.2) is 30.3 Å². The first-order valence-electron chi connectivity index (χ1n) is 11.2. The first-order valence-corrected chi connectivity index (χ1v) is 11.2. The third-order valence-electron chi connectivity index (χ3n) is 7.16. The molecule has 29 heavy (non-hydrogen) atoms. The van der Waals surface area contributed by atoms with Crippen molar-refractivity contribution in [1.82, 2.24) is 0 Å². The summed E-state index contributed by atoms with van der Waals surface area (Å²) >= 11 is 0. The normalized spacial score (nSPS) is 16.1. The number of esters is 2. The quantitative estimate of drug-likeness (QED) is 0.315. The monoisotopic (exact) mass is 416 g/mol. The Labute approximate surface area is 178 Å². The van der Waals surface area contributed by atoms with E-state index < -0.39 is 23.2 Å². The molecule has 0 amide bonds. The molecule has 0 saturated heterocycles. The molecule has 0 N–H and O–H groups in total. The van der Waals surface area contributed by atoms with E-state index in [1.54, 1.807) is 0 Å². The molecular weight excluding hydrogens is 371 g/mol. The minimum Gasteiger partial charge on any atom is -0.462 e. The molecule has 0 radical (unpaired) electrons. The molecule has 0 aliphatic carbocycles. The van der Waals surface area contributed by atoms with Gasteiger partial charge in [-0.05, 0) is 50.4 Å². The Hall–Kier alpha value is -1.13. The lowest BCUT2D eigenvalue weighted by molar-refractivity contribution is -0.187. The molecule has 0 rings (SSSR count). The minimum absolute atomic E-state index is 0.0164. The highest BCUT2D eigenvalue weighted by Gasteiger charge is 2.51. The zero-order chi connectivity index (χ0) is 23.1. The SMILES string of the molecule is CCC(C)(C)CC(C)(C(=O)OC(CC)(CC)CC(=O)OCC(C)F)C(C)(C)CC. The van der Waals surface area contributed by atoms with E-state index in [0.717, 1.165) is 12.8 Å². The summed E-state index contributed by atoms with van der Waals surface area (Å²) in [7, 11) is 0. The average Bonchev–Trinajstić information content (AvgIpc) is 2.64. The third kappa shape index (κ3) is 7.57. The number of hydrogen-bond donors (Lipinski definition) is 0. The van der Waals surface area contributed by atoms with Crippen LogP contribution in [-0.2, 0) is 19.1 Å². The van der Waals surface area contributed by atoms with Gasteiger partial charge in [0.15, 0.2) is 0 Å². The van der Waals surface area contributed by atoms with Gasteiger partial charge in [-0.3, -0.25) is 9.59 Å². The van der Waals surface area contributed by atoms with Crippen molar-refractivity contribution < 1.29 is 23.5 Å². The van der Waals surface area contributed by atoms with Gasteiger partial charge in [0, 0.05) is 0 Å². The smallest absolute Gasteiger partial charge is 0.312 e. The first-order chi connectivity index (χ1) is 13.1. The Kier molecular flexibility index (Phi) is 10.3. The van der Waals surface area contributed by atoms with Crippen LogP contribution in [0.2, 0.25) is 0 Å². The van der Waals surface area contributed by atoms with Crippen LogP contribution in [0.5, 0.6) is 0 Å². The summed E-state index contributed by atoms with van der Waals surface area (Å²) in [6.45, 7) is 19.7. The van der Waals surface area contributed by atoms with Gasteiger partial charge in [-0.15, -0.1) is 0 Å². The molecule has 2 atom stereocenters. The molecule has 0 aromatic rings. The molecule has 0 heterocycles. The van der Waals surface area contributed by atoms with Crippen molar-refractivity contribution in [3.05, 3.63) is 0 Å². The number of carbonyl (C=O) groups excluding carboxylic acids is 2. The topological polar surface area (TPSA) is 52.6 Å². The number of halogens is 1. The van der Waals surface area contributed by atoms with Crippen molar-refractivity contribution in [2.45, 2.75) is 120 Å². The molecule has 2 unspecified atom stereocenters. The highest BCUT2D eigenvalue weighted by molar-refractivity contribution is 5.79. The highest BCUT2D eigenvalue weighted by atomic mass is 19.1. The van der Waals surface area contributed by atoms with Crippen molar-refractivity contribution in [2.24, 2.45) is 16.2 Å². The van der Waals surface area contributed by atoms with E-state index in [1.165, 1.54) is 6.92 Å². The van der Waals surface area contributed by atoms with Crippen LogP contribution in [0, 0.1) is 16.2 Å². The predicted molar refractivity (Wildman–Crippen MR) is 116 cm³/mol. The van der Waals surface area contributed by atoms with E-state index in [2.05, 4.69) is 41.5 Å². The summed E-state index contributed by atoms with van der Waals surface area (Å²) in [5.74, 6) is -0.794. The van der Waals surface area contributed by atoms with Gasteiger partial charge in [-0.25, -0.2) is 4.39 Å². The average molecular weight is 417 g/mol. The fraction of sp³-hybridized carbons (Fsp3) is 0.917. The lowest BCUT2D eigenvalue weighted by Gasteiger charge is -2.47. The zero-order valence-corrected chi connectivity index (χ0v) is 20.5. The maximum atomic E-state index is 13.6. The van der Waals surface area contributed by atoms with Gasteiger partial charge in [0.1, 0.15) is 18.4 Å². The Morgan fingerprint density at radius 1 is 0.897 bits per heavy atom. The van der Waals surface area contributed by atoms with E-state index in [1.807, 2.05) is 20.8 Å². The number of carbonyl (C=O) groups is 2. The fourth-order valence-corrected chi connectivity index (χ4v) is 3.57. The molecule has 0 aliphatic rings. The minimum atomic E-state index is -1.22. The molecule has 0 bridgehead atoms. The summed E-state index contributed by atoms with van der Waals surface area (Å²) in [5, 5.41) is 0. The van der Waals surface area contributed by atoms with Crippen molar-refractivity contribution in [2.75, 3.05) is 6.61 Å². The number of ether oxygens (including phenoxy) is 2. The molecule has 0 aromatic carbocycles. The summed E-state index contributed by atoms with van der Waals surface area (Å²) in [6.07, 6.45) is 2.20. The molecule has 0 saturated carbocycles. The molecule has 0 aliphatic heterocycles. The highest BCUT2D eigenvalue weighted by Crippen LogP contribution is 2.51. The summed E-state index contributed by atoms with van der Waals surface area (Å²) in [5.41, 5.74) is -1.92. The van der Waals surface area contributed by atoms with Gasteiger partial charge in [-0.2, -0.15) is 0 Å². The van der Waals surface area contributed by atoms with Crippen LogP contribution >= 0.6 is 0 Å². The van der Waals surface area contributed by atoms with E-state index in [-0.39, 0.29) is 29.8 Å². The van der Waals surface area contributed by atoms with E-state index in [9.17, 15) is 14.0 Å². The molecule has 0 fully saturated rings. The zero-order valence-electron chi connectivity index (χ0n) is 20.5. The molecule has 4 nitrogen and oxygen atoms in total. The Balaban J connectivity index is 5.78. The molecule has 0 aromatic heterocycles. The number of alkyl halides is 1.